The molecule has 1 amide bonds. The van der Waals surface area contributed by atoms with Crippen molar-refractivity contribution in [2.24, 2.45) is 5.73 Å². The summed E-state index contributed by atoms with van der Waals surface area (Å²) >= 11 is 0. The van der Waals surface area contributed by atoms with Crippen molar-refractivity contribution in [2.45, 2.75) is 0 Å². The monoisotopic (exact) mass is 265 g/mol. The van der Waals surface area contributed by atoms with Gasteiger partial charge in [0, 0.05) is 12.1 Å². The average Bonchev–Trinajstić information content (AvgIpc) is 2.77. The number of nitrogens with one attached hydrogen (secondary N) is 1. The molecular weight excluding hydrogens is 258 g/mol. The first kappa shape index (κ1) is 12.3. The number of benzene rings is 1. The molecule has 0 radical (unpaired) electrons. The van der Waals surface area contributed by atoms with Gasteiger partial charge in [0.2, 0.25) is 0 Å². The number of hydrogen-bond acceptors (Lipinski definition) is 7. The largest absolute Gasteiger partial charge is 0.507 e. The van der Waals surface area contributed by atoms with Gasteiger partial charge in [0.25, 0.3) is 5.91 Å². The van der Waals surface area contributed by atoms with Crippen LogP contribution in [0.25, 0.3) is 11.3 Å². The molecule has 2 aromatic rings. The number of rotatable bonds is 3. The van der Waals surface area contributed by atoms with Crippen LogP contribution in [0, 0.1) is 10.1 Å². The Kier molecular flexibility index (Phi) is 2.75. The van der Waals surface area contributed by atoms with E-state index in [-0.39, 0.29) is 17.0 Å². The van der Waals surface area contributed by atoms with Gasteiger partial charge < -0.3 is 15.9 Å². The molecule has 0 atom stereocenters. The van der Waals surface area contributed by atoms with Crippen LogP contribution in [-0.2, 0) is 0 Å². The minimum absolute atomic E-state index is 0.145. The summed E-state index contributed by atoms with van der Waals surface area (Å²) in [6.07, 6.45) is 0. The van der Waals surface area contributed by atoms with E-state index in [4.69, 9.17) is 5.73 Å². The van der Waals surface area contributed by atoms with Gasteiger partial charge in [0.05, 0.1) is 10.5 Å². The number of nitro groups is 1. The minimum Gasteiger partial charge on any atom is -0.507 e. The second kappa shape index (κ2) is 4.25. The van der Waals surface area contributed by atoms with Crippen LogP contribution in [0.15, 0.2) is 12.1 Å². The summed E-state index contributed by atoms with van der Waals surface area (Å²) < 4.78 is 0. The van der Waals surface area contributed by atoms with Gasteiger partial charge in [-0.05, 0) is 0 Å². The molecule has 19 heavy (non-hydrogen) atoms. The molecule has 2 rings (SSSR count). The number of nitro benzene ring substituents is 1. The summed E-state index contributed by atoms with van der Waals surface area (Å²) in [6, 6.07) is 1.64. The second-order valence-electron chi connectivity index (χ2n) is 3.50. The van der Waals surface area contributed by atoms with Gasteiger partial charge in [-0.2, -0.15) is 15.4 Å². The summed E-state index contributed by atoms with van der Waals surface area (Å²) in [7, 11) is 0. The summed E-state index contributed by atoms with van der Waals surface area (Å²) in [5, 5.41) is 38.9. The molecule has 1 aromatic carbocycles. The quantitative estimate of drug-likeness (QED) is 0.443. The van der Waals surface area contributed by atoms with Crippen LogP contribution in [0.3, 0.4) is 0 Å². The highest BCUT2D eigenvalue weighted by Gasteiger charge is 2.23. The van der Waals surface area contributed by atoms with E-state index in [1.165, 1.54) is 0 Å². The van der Waals surface area contributed by atoms with Crippen LogP contribution in [-0.4, -0.2) is 36.5 Å². The van der Waals surface area contributed by atoms with Gasteiger partial charge >= 0.3 is 5.69 Å². The summed E-state index contributed by atoms with van der Waals surface area (Å²) in [6.45, 7) is 0. The summed E-state index contributed by atoms with van der Waals surface area (Å²) in [4.78, 5) is 20.9. The molecule has 0 saturated heterocycles. The third-order valence-corrected chi connectivity index (χ3v) is 2.33. The SMILES string of the molecule is NC(=O)c1n[nH]nc1-c1cc([N+](=O)[O-])c(O)cc1O. The van der Waals surface area contributed by atoms with Gasteiger partial charge in [-0.1, -0.05) is 0 Å². The van der Waals surface area contributed by atoms with Crippen LogP contribution < -0.4 is 5.73 Å². The van der Waals surface area contributed by atoms with Crippen molar-refractivity contribution in [1.82, 2.24) is 15.4 Å². The van der Waals surface area contributed by atoms with Gasteiger partial charge in [-0.3, -0.25) is 14.9 Å². The number of phenolic OH excluding ortho intramolecular Hbond substituents is 2. The standard InChI is InChI=1S/C9H7N5O5/c10-9(17)8-7(11-13-12-8)3-1-4(14(18)19)6(16)2-5(3)15/h1-2,15-16H,(H2,10,17)(H,11,12,13). The van der Waals surface area contributed by atoms with E-state index >= 15 is 0 Å². The van der Waals surface area contributed by atoms with Gasteiger partial charge in [0.1, 0.15) is 11.4 Å². The molecular formula is C9H7N5O5. The Morgan fingerprint density at radius 3 is 2.58 bits per heavy atom. The average molecular weight is 265 g/mol. The molecule has 0 aliphatic rings. The zero-order valence-corrected chi connectivity index (χ0v) is 9.19. The molecule has 0 saturated carbocycles. The molecule has 0 unspecified atom stereocenters. The number of nitrogens with two attached hydrogens (primary N) is 1. The van der Waals surface area contributed by atoms with Crippen LogP contribution in [0.5, 0.6) is 11.5 Å². The molecule has 1 heterocycles. The molecule has 5 N–H and O–H groups in total. The Morgan fingerprint density at radius 2 is 2.00 bits per heavy atom. The lowest BCUT2D eigenvalue weighted by Crippen LogP contribution is -2.12. The lowest BCUT2D eigenvalue weighted by atomic mass is 10.1. The molecule has 1 aromatic heterocycles. The highest BCUT2D eigenvalue weighted by atomic mass is 16.6. The van der Waals surface area contributed by atoms with E-state index in [1.54, 1.807) is 0 Å². The fraction of sp³-hybridized carbons (Fsp3) is 0. The minimum atomic E-state index is -0.918. The number of carbonyl (C=O) groups excluding carboxylic acids is 1. The van der Waals surface area contributed by atoms with Crippen molar-refractivity contribution in [3.8, 4) is 22.8 Å². The van der Waals surface area contributed by atoms with E-state index in [9.17, 15) is 25.1 Å². The van der Waals surface area contributed by atoms with E-state index in [0.29, 0.717) is 0 Å². The number of aromatic nitrogens is 3. The summed E-state index contributed by atoms with van der Waals surface area (Å²) in [5.41, 5.74) is 3.83. The molecule has 10 heteroatoms. The van der Waals surface area contributed by atoms with Crippen molar-refractivity contribution in [2.75, 3.05) is 0 Å². The van der Waals surface area contributed by atoms with Crippen LogP contribution in [0.2, 0.25) is 0 Å². The first-order chi connectivity index (χ1) is 8.91. The summed E-state index contributed by atoms with van der Waals surface area (Å²) in [5.74, 6) is -2.13. The van der Waals surface area contributed by atoms with Gasteiger partial charge in [-0.15, -0.1) is 0 Å². The van der Waals surface area contributed by atoms with Crippen LogP contribution >= 0.6 is 0 Å². The molecule has 98 valence electrons. The Balaban J connectivity index is 2.68. The molecule has 0 bridgehead atoms. The van der Waals surface area contributed by atoms with Gasteiger partial charge in [-0.25, -0.2) is 0 Å². The van der Waals surface area contributed by atoms with Crippen molar-refractivity contribution in [3.05, 3.63) is 27.9 Å². The van der Waals surface area contributed by atoms with E-state index < -0.39 is 28.0 Å². The number of hydrogen-bond donors (Lipinski definition) is 4. The third kappa shape index (κ3) is 2.01. The zero-order chi connectivity index (χ0) is 14.2. The lowest BCUT2D eigenvalue weighted by molar-refractivity contribution is -0.385. The molecule has 0 spiro atoms. The molecule has 0 fully saturated rings. The van der Waals surface area contributed by atoms with Crippen molar-refractivity contribution in [3.63, 3.8) is 0 Å². The smallest absolute Gasteiger partial charge is 0.311 e. The number of primary amides is 1. The predicted molar refractivity (Wildman–Crippen MR) is 60.3 cm³/mol. The first-order valence-corrected chi connectivity index (χ1v) is 4.83. The number of phenols is 2. The number of aromatic amines is 1. The Hall–Kier alpha value is -3.17. The van der Waals surface area contributed by atoms with Crippen molar-refractivity contribution in [1.29, 1.82) is 0 Å². The highest BCUT2D eigenvalue weighted by molar-refractivity contribution is 5.97. The Bertz CT molecular complexity index is 680. The third-order valence-electron chi connectivity index (χ3n) is 2.33. The number of amides is 1. The topological polar surface area (TPSA) is 168 Å². The Labute approximate surface area is 104 Å². The van der Waals surface area contributed by atoms with E-state index in [2.05, 4.69) is 15.4 Å². The van der Waals surface area contributed by atoms with Gasteiger partial charge in [0.15, 0.2) is 11.4 Å². The number of H-pyrrole nitrogens is 1. The second-order valence-corrected chi connectivity index (χ2v) is 3.50. The molecule has 0 aliphatic carbocycles. The predicted octanol–water partition coefficient (Wildman–Crippen LogP) is -0.110. The molecule has 0 aliphatic heterocycles. The number of nitrogens with zero attached hydrogens (tertiary/aromatic N) is 3. The first-order valence-electron chi connectivity index (χ1n) is 4.83. The maximum Gasteiger partial charge on any atom is 0.311 e. The maximum atomic E-state index is 11.1. The molecule has 10 nitrogen and oxygen atoms in total. The number of aromatic hydroxyl groups is 2. The zero-order valence-electron chi connectivity index (χ0n) is 9.19. The normalized spacial score (nSPS) is 10.3. The fourth-order valence-electron chi connectivity index (χ4n) is 1.49. The van der Waals surface area contributed by atoms with E-state index in [0.717, 1.165) is 12.1 Å². The van der Waals surface area contributed by atoms with Crippen LogP contribution in [0.1, 0.15) is 10.5 Å². The maximum absolute atomic E-state index is 11.1. The van der Waals surface area contributed by atoms with E-state index in [1.807, 2.05) is 0 Å². The Morgan fingerprint density at radius 1 is 1.32 bits per heavy atom. The highest BCUT2D eigenvalue weighted by Crippen LogP contribution is 2.38. The lowest BCUT2D eigenvalue weighted by Gasteiger charge is -2.03. The van der Waals surface area contributed by atoms with Crippen molar-refractivity contribution >= 4 is 11.6 Å². The van der Waals surface area contributed by atoms with Crippen LogP contribution in [0.4, 0.5) is 5.69 Å². The fourth-order valence-corrected chi connectivity index (χ4v) is 1.49. The van der Waals surface area contributed by atoms with Crippen molar-refractivity contribution < 1.29 is 19.9 Å². The number of carbonyl (C=O) groups is 1.